The Morgan fingerprint density at radius 2 is 1.71 bits per heavy atom. The standard InChI is InChI=1S/C19H15Cl2N3O3S/c20-12-7-4-8-13(21)17(12)15(25)10-22-18(26)19(27)23-16-9-14(24-28-16)11-5-2-1-3-6-11/h1-9,15,25H,10H2,(H,22,26)(H,23,27). The van der Waals surface area contributed by atoms with Gasteiger partial charge in [-0.2, -0.15) is 4.37 Å². The maximum absolute atomic E-state index is 12.1. The number of carbonyl (C=O) groups excluding carboxylic acids is 2. The minimum Gasteiger partial charge on any atom is -0.386 e. The number of anilines is 1. The molecule has 1 atom stereocenters. The van der Waals surface area contributed by atoms with Gasteiger partial charge in [0.05, 0.1) is 11.8 Å². The summed E-state index contributed by atoms with van der Waals surface area (Å²) < 4.78 is 4.26. The van der Waals surface area contributed by atoms with Crippen molar-refractivity contribution in [2.24, 2.45) is 0 Å². The Morgan fingerprint density at radius 1 is 1.04 bits per heavy atom. The van der Waals surface area contributed by atoms with E-state index in [1.54, 1.807) is 24.3 Å². The van der Waals surface area contributed by atoms with Crippen molar-refractivity contribution in [1.82, 2.24) is 9.69 Å². The van der Waals surface area contributed by atoms with Crippen molar-refractivity contribution in [3.05, 3.63) is 70.2 Å². The number of hydrogen-bond acceptors (Lipinski definition) is 5. The van der Waals surface area contributed by atoms with E-state index in [4.69, 9.17) is 23.2 Å². The Morgan fingerprint density at radius 3 is 2.39 bits per heavy atom. The van der Waals surface area contributed by atoms with Gasteiger partial charge >= 0.3 is 11.8 Å². The van der Waals surface area contributed by atoms with E-state index in [1.165, 1.54) is 0 Å². The summed E-state index contributed by atoms with van der Waals surface area (Å²) in [6.07, 6.45) is -1.15. The number of halogens is 2. The monoisotopic (exact) mass is 435 g/mol. The van der Waals surface area contributed by atoms with E-state index in [9.17, 15) is 14.7 Å². The van der Waals surface area contributed by atoms with E-state index >= 15 is 0 Å². The summed E-state index contributed by atoms with van der Waals surface area (Å²) in [5.74, 6) is -1.75. The fraction of sp³-hybridized carbons (Fsp3) is 0.105. The first-order valence-electron chi connectivity index (χ1n) is 8.19. The molecule has 0 aliphatic carbocycles. The predicted octanol–water partition coefficient (Wildman–Crippen LogP) is 3.91. The van der Waals surface area contributed by atoms with E-state index < -0.39 is 17.9 Å². The van der Waals surface area contributed by atoms with Gasteiger partial charge < -0.3 is 15.7 Å². The van der Waals surface area contributed by atoms with E-state index in [1.807, 2.05) is 30.3 Å². The first-order valence-corrected chi connectivity index (χ1v) is 9.72. The van der Waals surface area contributed by atoms with Crippen LogP contribution >= 0.6 is 34.7 Å². The molecule has 3 aromatic rings. The fourth-order valence-electron chi connectivity index (χ4n) is 2.45. The Kier molecular flexibility index (Phi) is 6.64. The third kappa shape index (κ3) is 4.88. The van der Waals surface area contributed by atoms with Crippen LogP contribution in [-0.2, 0) is 9.59 Å². The number of benzene rings is 2. The van der Waals surface area contributed by atoms with Crippen molar-refractivity contribution in [3.63, 3.8) is 0 Å². The number of aliphatic hydroxyl groups excluding tert-OH is 1. The van der Waals surface area contributed by atoms with E-state index in [-0.39, 0.29) is 16.6 Å². The van der Waals surface area contributed by atoms with Crippen LogP contribution in [0.15, 0.2) is 54.6 Å². The van der Waals surface area contributed by atoms with Crippen LogP contribution in [0, 0.1) is 0 Å². The third-order valence-electron chi connectivity index (χ3n) is 3.81. The lowest BCUT2D eigenvalue weighted by Gasteiger charge is -2.15. The number of nitrogens with zero attached hydrogens (tertiary/aromatic N) is 1. The molecule has 0 radical (unpaired) electrons. The molecule has 0 fully saturated rings. The minimum atomic E-state index is -1.15. The number of hydrogen-bond donors (Lipinski definition) is 3. The van der Waals surface area contributed by atoms with Gasteiger partial charge in [-0.3, -0.25) is 9.59 Å². The predicted molar refractivity (Wildman–Crippen MR) is 111 cm³/mol. The molecular weight excluding hydrogens is 421 g/mol. The first kappa shape index (κ1) is 20.3. The molecule has 0 spiro atoms. The number of amides is 2. The summed E-state index contributed by atoms with van der Waals surface area (Å²) in [4.78, 5) is 24.1. The normalized spacial score (nSPS) is 11.7. The summed E-state index contributed by atoms with van der Waals surface area (Å²) in [6, 6.07) is 15.9. The smallest absolute Gasteiger partial charge is 0.314 e. The summed E-state index contributed by atoms with van der Waals surface area (Å²) in [5, 5.41) is 16.0. The van der Waals surface area contributed by atoms with Gasteiger partial charge in [-0.25, -0.2) is 0 Å². The Hall–Kier alpha value is -2.45. The van der Waals surface area contributed by atoms with E-state index in [2.05, 4.69) is 15.0 Å². The topological polar surface area (TPSA) is 91.3 Å². The van der Waals surface area contributed by atoms with Crippen molar-refractivity contribution in [1.29, 1.82) is 0 Å². The van der Waals surface area contributed by atoms with Gasteiger partial charge in [0.25, 0.3) is 0 Å². The highest BCUT2D eigenvalue weighted by Crippen LogP contribution is 2.30. The van der Waals surface area contributed by atoms with Crippen molar-refractivity contribution in [2.45, 2.75) is 6.10 Å². The van der Waals surface area contributed by atoms with Crippen LogP contribution in [0.25, 0.3) is 11.3 Å². The van der Waals surface area contributed by atoms with Gasteiger partial charge in [0.2, 0.25) is 0 Å². The molecule has 2 amide bonds. The second-order valence-electron chi connectivity index (χ2n) is 5.76. The zero-order valence-corrected chi connectivity index (χ0v) is 16.7. The highest BCUT2D eigenvalue weighted by Gasteiger charge is 2.20. The highest BCUT2D eigenvalue weighted by molar-refractivity contribution is 7.10. The highest BCUT2D eigenvalue weighted by atomic mass is 35.5. The number of rotatable bonds is 5. The van der Waals surface area contributed by atoms with Gasteiger partial charge in [-0.05, 0) is 23.7 Å². The maximum Gasteiger partial charge on any atom is 0.314 e. The number of aromatic nitrogens is 1. The molecule has 28 heavy (non-hydrogen) atoms. The average Bonchev–Trinajstić information content (AvgIpc) is 3.15. The van der Waals surface area contributed by atoms with Crippen LogP contribution < -0.4 is 10.6 Å². The lowest BCUT2D eigenvalue weighted by molar-refractivity contribution is -0.136. The molecule has 1 heterocycles. The molecule has 1 unspecified atom stereocenters. The molecule has 0 aliphatic rings. The van der Waals surface area contributed by atoms with Crippen LogP contribution in [0.3, 0.4) is 0 Å². The first-order chi connectivity index (χ1) is 13.5. The minimum absolute atomic E-state index is 0.215. The van der Waals surface area contributed by atoms with Gasteiger partial charge in [-0.15, -0.1) is 0 Å². The SMILES string of the molecule is O=C(NCC(O)c1c(Cl)cccc1Cl)C(=O)Nc1cc(-c2ccccc2)ns1. The van der Waals surface area contributed by atoms with Crippen LogP contribution in [-0.4, -0.2) is 27.8 Å². The quantitative estimate of drug-likeness (QED) is 0.529. The molecule has 2 aromatic carbocycles. The number of nitrogens with one attached hydrogen (secondary N) is 2. The third-order valence-corrected chi connectivity index (χ3v) is 5.18. The average molecular weight is 436 g/mol. The molecule has 0 bridgehead atoms. The summed E-state index contributed by atoms with van der Waals surface area (Å²) >= 11 is 13.1. The molecule has 6 nitrogen and oxygen atoms in total. The second kappa shape index (κ2) is 9.16. The molecular formula is C19H15Cl2N3O3S. The molecule has 0 aliphatic heterocycles. The maximum atomic E-state index is 12.1. The summed E-state index contributed by atoms with van der Waals surface area (Å²) in [6.45, 7) is -0.215. The van der Waals surface area contributed by atoms with Crippen molar-refractivity contribution in [2.75, 3.05) is 11.9 Å². The second-order valence-corrected chi connectivity index (χ2v) is 7.38. The van der Waals surface area contributed by atoms with Gasteiger partial charge in [0, 0.05) is 33.8 Å². The summed E-state index contributed by atoms with van der Waals surface area (Å²) in [5.41, 5.74) is 1.90. The van der Waals surface area contributed by atoms with Crippen molar-refractivity contribution in [3.8, 4) is 11.3 Å². The lowest BCUT2D eigenvalue weighted by atomic mass is 10.1. The molecule has 0 saturated carbocycles. The Labute approximate surface area is 175 Å². The van der Waals surface area contributed by atoms with Crippen molar-refractivity contribution < 1.29 is 14.7 Å². The molecule has 3 N–H and O–H groups in total. The molecule has 9 heteroatoms. The molecule has 144 valence electrons. The molecule has 3 rings (SSSR count). The summed E-state index contributed by atoms with van der Waals surface area (Å²) in [7, 11) is 0. The zero-order valence-electron chi connectivity index (χ0n) is 14.4. The van der Waals surface area contributed by atoms with E-state index in [0.29, 0.717) is 16.3 Å². The van der Waals surface area contributed by atoms with Crippen molar-refractivity contribution >= 4 is 51.5 Å². The fourth-order valence-corrected chi connectivity index (χ4v) is 3.76. The zero-order chi connectivity index (χ0) is 20.1. The van der Waals surface area contributed by atoms with Gasteiger partial charge in [0.1, 0.15) is 5.00 Å². The molecule has 0 saturated heterocycles. The van der Waals surface area contributed by atoms with Gasteiger partial charge in [-0.1, -0.05) is 59.6 Å². The van der Waals surface area contributed by atoms with Crippen LogP contribution in [0.2, 0.25) is 10.0 Å². The van der Waals surface area contributed by atoms with Crippen LogP contribution in [0.1, 0.15) is 11.7 Å². The van der Waals surface area contributed by atoms with Crippen LogP contribution in [0.4, 0.5) is 5.00 Å². The Bertz CT molecular complexity index is 975. The van der Waals surface area contributed by atoms with E-state index in [0.717, 1.165) is 17.1 Å². The Balaban J connectivity index is 1.57. The van der Waals surface area contributed by atoms with Gasteiger partial charge in [0.15, 0.2) is 0 Å². The largest absolute Gasteiger partial charge is 0.386 e. The lowest BCUT2D eigenvalue weighted by Crippen LogP contribution is -2.37. The van der Waals surface area contributed by atoms with Crippen LogP contribution in [0.5, 0.6) is 0 Å². The number of aliphatic hydroxyl groups is 1. The molecule has 1 aromatic heterocycles. The number of carbonyl (C=O) groups is 2.